The van der Waals surface area contributed by atoms with Gasteiger partial charge < -0.3 is 4.74 Å². The highest BCUT2D eigenvalue weighted by molar-refractivity contribution is 7.88. The number of nitro benzene ring substituents is 1. The fraction of sp³-hybridized carbons (Fsp3) is 0.438. The summed E-state index contributed by atoms with van der Waals surface area (Å²) in [5.41, 5.74) is 4.07. The van der Waals surface area contributed by atoms with E-state index in [4.69, 9.17) is 4.74 Å². The van der Waals surface area contributed by atoms with Gasteiger partial charge in [-0.3, -0.25) is 35.3 Å². The predicted molar refractivity (Wildman–Crippen MR) is 98.8 cm³/mol. The number of hydrazine groups is 1. The van der Waals surface area contributed by atoms with Crippen molar-refractivity contribution < 1.29 is 32.5 Å². The van der Waals surface area contributed by atoms with Crippen molar-refractivity contribution in [2.24, 2.45) is 5.92 Å². The number of rotatable bonds is 6. The van der Waals surface area contributed by atoms with Crippen LogP contribution in [0.5, 0.6) is 0 Å². The van der Waals surface area contributed by atoms with E-state index < -0.39 is 45.3 Å². The van der Waals surface area contributed by atoms with Gasteiger partial charge in [0.25, 0.3) is 17.5 Å². The smallest absolute Gasteiger partial charge is 0.309 e. The van der Waals surface area contributed by atoms with Crippen molar-refractivity contribution in [3.8, 4) is 0 Å². The van der Waals surface area contributed by atoms with Gasteiger partial charge in [0.1, 0.15) is 0 Å². The summed E-state index contributed by atoms with van der Waals surface area (Å²) in [5.74, 6) is -2.60. The van der Waals surface area contributed by atoms with Crippen molar-refractivity contribution in [2.75, 3.05) is 26.0 Å². The number of carbonyl (C=O) groups is 3. The molecule has 1 aromatic rings. The molecule has 2 N–H and O–H groups in total. The molecule has 158 valence electrons. The van der Waals surface area contributed by atoms with Gasteiger partial charge in [-0.15, -0.1) is 0 Å². The Kier molecular flexibility index (Phi) is 7.23. The summed E-state index contributed by atoms with van der Waals surface area (Å²) in [6.45, 7) is -0.210. The van der Waals surface area contributed by atoms with E-state index in [0.717, 1.165) is 18.4 Å². The zero-order valence-corrected chi connectivity index (χ0v) is 16.3. The van der Waals surface area contributed by atoms with Crippen molar-refractivity contribution >= 4 is 33.5 Å². The molecular formula is C16H20N4O8S. The highest BCUT2D eigenvalue weighted by Gasteiger charge is 2.30. The van der Waals surface area contributed by atoms with Crippen molar-refractivity contribution in [1.82, 2.24) is 15.2 Å². The van der Waals surface area contributed by atoms with Crippen LogP contribution in [0, 0.1) is 16.0 Å². The van der Waals surface area contributed by atoms with Gasteiger partial charge in [-0.25, -0.2) is 12.7 Å². The fourth-order valence-electron chi connectivity index (χ4n) is 2.65. The maximum absolute atomic E-state index is 12.0. The third kappa shape index (κ3) is 6.50. The number of nitrogens with one attached hydrogen (secondary N) is 2. The van der Waals surface area contributed by atoms with Gasteiger partial charge in [0.2, 0.25) is 10.0 Å². The Morgan fingerprint density at radius 3 is 2.28 bits per heavy atom. The number of sulfonamides is 1. The summed E-state index contributed by atoms with van der Waals surface area (Å²) in [7, 11) is -3.30. The standard InChI is InChI=1S/C16H20N4O8S/c1-29(26,27)19-8-6-12(7-9-19)16(23)28-10-14(21)17-18-15(22)11-2-4-13(5-3-11)20(24)25/h2-5,12H,6-10H2,1H3,(H,17,21)(H,18,22). The quantitative estimate of drug-likeness (QED) is 0.350. The van der Waals surface area contributed by atoms with Gasteiger partial charge in [-0.1, -0.05) is 0 Å². The summed E-state index contributed by atoms with van der Waals surface area (Å²) < 4.78 is 29.1. The molecule has 0 spiro atoms. The Hall–Kier alpha value is -3.06. The van der Waals surface area contributed by atoms with Gasteiger partial charge in [0.05, 0.1) is 17.1 Å². The number of piperidine rings is 1. The minimum atomic E-state index is -3.30. The van der Waals surface area contributed by atoms with Crippen molar-refractivity contribution in [3.63, 3.8) is 0 Å². The first-order chi connectivity index (χ1) is 13.6. The van der Waals surface area contributed by atoms with Crippen molar-refractivity contribution in [1.29, 1.82) is 0 Å². The topological polar surface area (TPSA) is 165 Å². The number of non-ortho nitro benzene ring substituents is 1. The van der Waals surface area contributed by atoms with Crippen LogP contribution in [0.25, 0.3) is 0 Å². The Morgan fingerprint density at radius 1 is 1.17 bits per heavy atom. The lowest BCUT2D eigenvalue weighted by atomic mass is 9.98. The van der Waals surface area contributed by atoms with Gasteiger partial charge in [0, 0.05) is 30.8 Å². The Labute approximate surface area is 166 Å². The molecule has 1 heterocycles. The van der Waals surface area contributed by atoms with E-state index in [1.165, 1.54) is 16.4 Å². The van der Waals surface area contributed by atoms with E-state index in [1.807, 2.05) is 0 Å². The number of carbonyl (C=O) groups excluding carboxylic acids is 3. The minimum absolute atomic E-state index is 0.0885. The SMILES string of the molecule is CS(=O)(=O)N1CCC(C(=O)OCC(=O)NNC(=O)c2ccc([N+](=O)[O-])cc2)CC1. The van der Waals surface area contributed by atoms with Crippen LogP contribution in [0.4, 0.5) is 5.69 Å². The number of benzene rings is 1. The molecule has 1 fully saturated rings. The largest absolute Gasteiger partial charge is 0.455 e. The lowest BCUT2D eigenvalue weighted by Gasteiger charge is -2.28. The molecule has 1 saturated heterocycles. The molecular weight excluding hydrogens is 408 g/mol. The second kappa shape index (κ2) is 9.43. The summed E-state index contributed by atoms with van der Waals surface area (Å²) in [6, 6.07) is 4.74. The lowest BCUT2D eigenvalue weighted by molar-refractivity contribution is -0.384. The molecule has 29 heavy (non-hydrogen) atoms. The van der Waals surface area contributed by atoms with Crippen LogP contribution in [-0.2, 0) is 24.3 Å². The van der Waals surface area contributed by atoms with E-state index in [9.17, 15) is 32.9 Å². The molecule has 2 rings (SSSR count). The number of nitrogens with zero attached hydrogens (tertiary/aromatic N) is 2. The molecule has 0 atom stereocenters. The monoisotopic (exact) mass is 428 g/mol. The van der Waals surface area contributed by atoms with Crippen LogP contribution < -0.4 is 10.9 Å². The predicted octanol–water partition coefficient (Wildman–Crippen LogP) is -0.429. The summed E-state index contributed by atoms with van der Waals surface area (Å²) >= 11 is 0. The molecule has 0 radical (unpaired) electrons. The molecule has 12 nitrogen and oxygen atoms in total. The van der Waals surface area contributed by atoms with E-state index in [-0.39, 0.29) is 24.3 Å². The number of hydrogen-bond donors (Lipinski definition) is 2. The number of nitro groups is 1. The van der Waals surface area contributed by atoms with Gasteiger partial charge in [-0.05, 0) is 25.0 Å². The molecule has 0 aromatic heterocycles. The average Bonchev–Trinajstić information content (AvgIpc) is 2.69. The maximum atomic E-state index is 12.0. The number of esters is 1. The van der Waals surface area contributed by atoms with Crippen LogP contribution in [0.3, 0.4) is 0 Å². The van der Waals surface area contributed by atoms with Crippen molar-refractivity contribution in [3.05, 3.63) is 39.9 Å². The highest BCUT2D eigenvalue weighted by atomic mass is 32.2. The Bertz CT molecular complexity index is 892. The second-order valence-electron chi connectivity index (χ2n) is 6.35. The summed E-state index contributed by atoms with van der Waals surface area (Å²) in [4.78, 5) is 45.5. The molecule has 1 aliphatic heterocycles. The molecule has 0 saturated carbocycles. The van der Waals surface area contributed by atoms with E-state index >= 15 is 0 Å². The average molecular weight is 428 g/mol. The second-order valence-corrected chi connectivity index (χ2v) is 8.33. The van der Waals surface area contributed by atoms with Gasteiger partial charge in [-0.2, -0.15) is 0 Å². The molecule has 2 amide bonds. The van der Waals surface area contributed by atoms with Crippen LogP contribution in [0.1, 0.15) is 23.2 Å². The minimum Gasteiger partial charge on any atom is -0.455 e. The highest BCUT2D eigenvalue weighted by Crippen LogP contribution is 2.20. The van der Waals surface area contributed by atoms with Crippen LogP contribution in [0.2, 0.25) is 0 Å². The molecule has 0 bridgehead atoms. The summed E-state index contributed by atoms with van der Waals surface area (Å²) in [6.07, 6.45) is 1.69. The maximum Gasteiger partial charge on any atom is 0.309 e. The van der Waals surface area contributed by atoms with Crippen LogP contribution >= 0.6 is 0 Å². The number of amides is 2. The Balaban J connectivity index is 1.72. The molecule has 0 unspecified atom stereocenters. The normalized spacial score (nSPS) is 15.3. The first-order valence-corrected chi connectivity index (χ1v) is 10.4. The van der Waals surface area contributed by atoms with Gasteiger partial charge in [0.15, 0.2) is 6.61 Å². The van der Waals surface area contributed by atoms with Crippen LogP contribution in [-0.4, -0.2) is 61.4 Å². The van der Waals surface area contributed by atoms with Crippen molar-refractivity contribution in [2.45, 2.75) is 12.8 Å². The number of hydrogen-bond acceptors (Lipinski definition) is 8. The molecule has 1 aromatic carbocycles. The van der Waals surface area contributed by atoms with Gasteiger partial charge >= 0.3 is 5.97 Å². The zero-order chi connectivity index (χ0) is 21.6. The molecule has 1 aliphatic rings. The first kappa shape index (κ1) is 22.2. The van der Waals surface area contributed by atoms with Crippen LogP contribution in [0.15, 0.2) is 24.3 Å². The third-order valence-electron chi connectivity index (χ3n) is 4.26. The zero-order valence-electron chi connectivity index (χ0n) is 15.5. The van der Waals surface area contributed by atoms with E-state index in [0.29, 0.717) is 12.8 Å². The molecule has 13 heteroatoms. The Morgan fingerprint density at radius 2 is 1.76 bits per heavy atom. The van der Waals surface area contributed by atoms with E-state index in [1.54, 1.807) is 0 Å². The third-order valence-corrected chi connectivity index (χ3v) is 5.56. The fourth-order valence-corrected chi connectivity index (χ4v) is 3.52. The number of ether oxygens (including phenoxy) is 1. The molecule has 0 aliphatic carbocycles. The first-order valence-electron chi connectivity index (χ1n) is 8.53. The summed E-state index contributed by atoms with van der Waals surface area (Å²) in [5, 5.41) is 10.6. The lowest BCUT2D eigenvalue weighted by Crippen LogP contribution is -2.44. The van der Waals surface area contributed by atoms with E-state index in [2.05, 4.69) is 10.9 Å².